The second kappa shape index (κ2) is 17.8. The van der Waals surface area contributed by atoms with Gasteiger partial charge in [-0.1, -0.05) is 17.7 Å². The standard InChI is InChI=1S/C35H47ClF2N9O4/c1-23(12-40-22-41-21-39)51-32-11-27(7-10-30(32)36)28-13-42-34(43-14-28)44-31-18-47(45-33(31)49-20-35(37,38)19-48-4)29-8-5-26(6-9-29)17-46-15-24(2)50-25(3)16-46/h7,10-11,13-14,17-18,21-26,29H,5-6,8-9,12,15-16,19-20H2,1-4H3,(H2,39,40,41)(H,42,43,44)/q+1/b46-17-/t23-,24-,25+,26?,29?/m0/s1. The van der Waals surface area contributed by atoms with Crippen LogP contribution in [-0.4, -0.2) is 107 Å². The van der Waals surface area contributed by atoms with Gasteiger partial charge in [-0.15, -0.1) is 5.10 Å². The summed E-state index contributed by atoms with van der Waals surface area (Å²) in [5.74, 6) is -1.96. The van der Waals surface area contributed by atoms with Crippen LogP contribution in [0.1, 0.15) is 52.5 Å². The van der Waals surface area contributed by atoms with Gasteiger partial charge in [0.05, 0.1) is 30.1 Å². The number of aromatic nitrogens is 4. The van der Waals surface area contributed by atoms with Gasteiger partial charge in [0.1, 0.15) is 48.9 Å². The van der Waals surface area contributed by atoms with E-state index >= 15 is 0 Å². The Hall–Kier alpha value is -4.21. The summed E-state index contributed by atoms with van der Waals surface area (Å²) in [4.78, 5) is 12.6. The van der Waals surface area contributed by atoms with Crippen LogP contribution in [0.4, 0.5) is 20.4 Å². The van der Waals surface area contributed by atoms with E-state index in [0.717, 1.165) is 50.7 Å². The summed E-state index contributed by atoms with van der Waals surface area (Å²) in [6, 6.07) is 5.47. The molecule has 0 radical (unpaired) electrons. The molecule has 1 aliphatic heterocycles. The fraction of sp³-hybridized carbons (Fsp3) is 0.543. The molecule has 0 bridgehead atoms. The molecule has 13 nitrogen and oxygen atoms in total. The fourth-order valence-corrected chi connectivity index (χ4v) is 6.50. The number of halogens is 3. The highest BCUT2D eigenvalue weighted by Crippen LogP contribution is 2.36. The molecule has 2 aromatic heterocycles. The molecular weight excluding hydrogens is 684 g/mol. The lowest BCUT2D eigenvalue weighted by molar-refractivity contribution is -0.564. The van der Waals surface area contributed by atoms with Gasteiger partial charge in [-0.2, -0.15) is 0 Å². The van der Waals surface area contributed by atoms with Crippen molar-refractivity contribution in [3.8, 4) is 22.8 Å². The Morgan fingerprint density at radius 3 is 2.55 bits per heavy atom. The number of nitrogens with zero attached hydrogens (tertiary/aromatic N) is 6. The number of alkyl halides is 2. The summed E-state index contributed by atoms with van der Waals surface area (Å²) in [6.45, 7) is 6.68. The third-order valence-corrected chi connectivity index (χ3v) is 8.91. The topological polar surface area (TPSA) is 144 Å². The van der Waals surface area contributed by atoms with E-state index in [9.17, 15) is 8.78 Å². The molecule has 0 amide bonds. The Morgan fingerprint density at radius 2 is 1.86 bits per heavy atom. The molecule has 51 heavy (non-hydrogen) atoms. The zero-order valence-electron chi connectivity index (χ0n) is 29.4. The van der Waals surface area contributed by atoms with Crippen molar-refractivity contribution in [1.82, 2.24) is 25.1 Å². The summed E-state index contributed by atoms with van der Waals surface area (Å²) in [5, 5.41) is 18.1. The Kier molecular flexibility index (Phi) is 13.3. The van der Waals surface area contributed by atoms with Crippen LogP contribution in [0.25, 0.3) is 11.1 Å². The van der Waals surface area contributed by atoms with Crippen LogP contribution in [0.15, 0.2) is 41.8 Å². The molecular formula is C35H47ClF2N9O4+. The lowest BCUT2D eigenvalue weighted by Crippen LogP contribution is -2.41. The molecule has 1 aliphatic carbocycles. The number of ether oxygens (including phenoxy) is 4. The molecule has 2 aliphatic rings. The molecule has 3 atom stereocenters. The number of methoxy groups -OCH3 is 1. The second-order valence-corrected chi connectivity index (χ2v) is 13.6. The molecule has 276 valence electrons. The summed E-state index contributed by atoms with van der Waals surface area (Å²) in [7, 11) is 1.22. The van der Waals surface area contributed by atoms with Gasteiger partial charge >= 0.3 is 5.92 Å². The minimum Gasteiger partial charge on any atom is -0.487 e. The van der Waals surface area contributed by atoms with Crippen molar-refractivity contribution in [2.24, 2.45) is 10.9 Å². The van der Waals surface area contributed by atoms with Crippen LogP contribution in [0.2, 0.25) is 5.02 Å². The Morgan fingerprint density at radius 1 is 1.14 bits per heavy atom. The molecule has 1 saturated carbocycles. The van der Waals surface area contributed by atoms with Crippen LogP contribution in [0.3, 0.4) is 0 Å². The van der Waals surface area contributed by atoms with E-state index in [1.807, 2.05) is 17.7 Å². The predicted octanol–water partition coefficient (Wildman–Crippen LogP) is 6.01. The van der Waals surface area contributed by atoms with E-state index in [1.54, 1.807) is 30.7 Å². The van der Waals surface area contributed by atoms with E-state index in [0.29, 0.717) is 34.5 Å². The van der Waals surface area contributed by atoms with Gasteiger partial charge < -0.3 is 29.6 Å². The Bertz CT molecular complexity index is 1640. The lowest BCUT2D eigenvalue weighted by atomic mass is 9.86. The third-order valence-electron chi connectivity index (χ3n) is 8.60. The van der Waals surface area contributed by atoms with Crippen molar-refractivity contribution in [3.05, 3.63) is 41.8 Å². The SMILES string of the molecule is COCC(F)(F)COc1nn(C2CCC(/C=[N+]3\C[C@@H](C)O[C@@H](C)C3)CC2)cc1Nc1ncc(-c2ccc(Cl)c(O[C@@H](C)CN/C=N\C=N)c2)cn1. The average molecular weight is 731 g/mol. The van der Waals surface area contributed by atoms with Crippen molar-refractivity contribution in [1.29, 1.82) is 5.41 Å². The van der Waals surface area contributed by atoms with Gasteiger partial charge in [-0.05, 0) is 64.2 Å². The number of anilines is 2. The molecule has 1 aromatic carbocycles. The van der Waals surface area contributed by atoms with E-state index in [1.165, 1.54) is 13.4 Å². The number of rotatable bonds is 16. The van der Waals surface area contributed by atoms with Gasteiger partial charge in [0.25, 0.3) is 5.88 Å². The summed E-state index contributed by atoms with van der Waals surface area (Å²) in [5.41, 5.74) is 1.89. The van der Waals surface area contributed by atoms with Gasteiger partial charge in [-0.25, -0.2) is 28.3 Å². The first-order chi connectivity index (χ1) is 24.5. The van der Waals surface area contributed by atoms with Crippen molar-refractivity contribution in [3.63, 3.8) is 0 Å². The van der Waals surface area contributed by atoms with Crippen LogP contribution in [0, 0.1) is 11.3 Å². The van der Waals surface area contributed by atoms with Crippen LogP contribution in [0.5, 0.6) is 11.6 Å². The Labute approximate surface area is 301 Å². The molecule has 1 saturated heterocycles. The number of morpholine rings is 1. The first-order valence-electron chi connectivity index (χ1n) is 17.1. The highest BCUT2D eigenvalue weighted by Gasteiger charge is 2.32. The lowest BCUT2D eigenvalue weighted by Gasteiger charge is -2.28. The molecule has 3 heterocycles. The maximum absolute atomic E-state index is 14.3. The number of aliphatic imine (C=N–C) groups is 1. The minimum atomic E-state index is -3.19. The number of hydrogen-bond acceptors (Lipinski definition) is 9. The van der Waals surface area contributed by atoms with Crippen molar-refractivity contribution in [2.45, 2.75) is 76.7 Å². The monoisotopic (exact) mass is 730 g/mol. The number of nitrogens with one attached hydrogen (secondary N) is 3. The first kappa shape index (κ1) is 38.0. The van der Waals surface area contributed by atoms with Crippen LogP contribution in [-0.2, 0) is 9.47 Å². The van der Waals surface area contributed by atoms with Crippen molar-refractivity contribution < 1.29 is 32.3 Å². The third kappa shape index (κ3) is 11.1. The highest BCUT2D eigenvalue weighted by atomic mass is 35.5. The Balaban J connectivity index is 1.27. The largest absolute Gasteiger partial charge is 0.487 e. The van der Waals surface area contributed by atoms with E-state index < -0.39 is 19.1 Å². The van der Waals surface area contributed by atoms with Crippen LogP contribution >= 0.6 is 11.6 Å². The second-order valence-electron chi connectivity index (χ2n) is 13.1. The molecule has 16 heteroatoms. The zero-order chi connectivity index (χ0) is 36.4. The average Bonchev–Trinajstić information content (AvgIpc) is 3.49. The quantitative estimate of drug-likeness (QED) is 0.0917. The molecule has 3 N–H and O–H groups in total. The zero-order valence-corrected chi connectivity index (χ0v) is 30.2. The highest BCUT2D eigenvalue weighted by molar-refractivity contribution is 6.32. The van der Waals surface area contributed by atoms with Gasteiger partial charge in [0.15, 0.2) is 19.7 Å². The van der Waals surface area contributed by atoms with Crippen molar-refractivity contribution >= 4 is 42.1 Å². The molecule has 2 fully saturated rings. The van der Waals surface area contributed by atoms with E-state index in [-0.39, 0.29) is 36.2 Å². The maximum atomic E-state index is 14.3. The first-order valence-corrected chi connectivity index (χ1v) is 17.5. The normalized spacial score (nSPS) is 22.5. The summed E-state index contributed by atoms with van der Waals surface area (Å²) < 4.78 is 55.0. The van der Waals surface area contributed by atoms with Crippen molar-refractivity contribution in [2.75, 3.05) is 45.3 Å². The van der Waals surface area contributed by atoms with Gasteiger partial charge in [-0.3, -0.25) is 10.1 Å². The summed E-state index contributed by atoms with van der Waals surface area (Å²) >= 11 is 6.40. The summed E-state index contributed by atoms with van der Waals surface area (Å²) in [6.07, 6.45) is 13.7. The fourth-order valence-electron chi connectivity index (χ4n) is 6.34. The maximum Gasteiger partial charge on any atom is 0.304 e. The van der Waals surface area contributed by atoms with E-state index in [2.05, 4.69) is 60.1 Å². The number of hydrogen-bond donors (Lipinski definition) is 3. The molecule has 3 aromatic rings. The molecule has 0 spiro atoms. The predicted molar refractivity (Wildman–Crippen MR) is 193 cm³/mol. The minimum absolute atomic E-state index is 0.0376. The van der Waals surface area contributed by atoms with Gasteiger partial charge in [0.2, 0.25) is 5.95 Å². The van der Waals surface area contributed by atoms with Crippen LogP contribution < -0.4 is 20.1 Å². The molecule has 5 rings (SSSR count). The number of benzene rings is 1. The van der Waals surface area contributed by atoms with Gasteiger partial charge in [0, 0.05) is 31.0 Å². The van der Waals surface area contributed by atoms with E-state index in [4.69, 9.17) is 31.2 Å². The molecule has 0 unspecified atom stereocenters. The smallest absolute Gasteiger partial charge is 0.304 e.